The predicted octanol–water partition coefficient (Wildman–Crippen LogP) is 2.04. The Hall–Kier alpha value is -1.29. The maximum absolute atomic E-state index is 11.6. The SMILES string of the molecule is CC(C)(C)NCc1ccn(CCC(=O)NC2CC2)c1. The highest BCUT2D eigenvalue weighted by Crippen LogP contribution is 2.18. The average molecular weight is 263 g/mol. The second-order valence-electron chi connectivity index (χ2n) is 6.45. The molecular weight excluding hydrogens is 238 g/mol. The molecule has 0 aliphatic heterocycles. The van der Waals surface area contributed by atoms with Gasteiger partial charge in [-0.25, -0.2) is 0 Å². The van der Waals surface area contributed by atoms with Crippen molar-refractivity contribution < 1.29 is 4.79 Å². The van der Waals surface area contributed by atoms with Gasteiger partial charge in [0.1, 0.15) is 0 Å². The summed E-state index contributed by atoms with van der Waals surface area (Å²) < 4.78 is 2.09. The zero-order valence-electron chi connectivity index (χ0n) is 12.2. The van der Waals surface area contributed by atoms with Gasteiger partial charge in [0.2, 0.25) is 5.91 Å². The van der Waals surface area contributed by atoms with E-state index in [1.165, 1.54) is 5.56 Å². The first-order chi connectivity index (χ1) is 8.92. The highest BCUT2D eigenvalue weighted by molar-refractivity contribution is 5.76. The standard InChI is InChI=1S/C15H25N3O/c1-15(2,3)16-10-12-6-8-18(11-12)9-7-14(19)17-13-4-5-13/h6,8,11,13,16H,4-5,7,9-10H2,1-3H3,(H,17,19). The largest absolute Gasteiger partial charge is 0.353 e. The van der Waals surface area contributed by atoms with E-state index in [4.69, 9.17) is 0 Å². The lowest BCUT2D eigenvalue weighted by Gasteiger charge is -2.19. The number of aryl methyl sites for hydroxylation is 1. The summed E-state index contributed by atoms with van der Waals surface area (Å²) in [4.78, 5) is 11.6. The van der Waals surface area contributed by atoms with Crippen LogP contribution in [0.3, 0.4) is 0 Å². The predicted molar refractivity (Wildman–Crippen MR) is 76.8 cm³/mol. The molecular formula is C15H25N3O. The van der Waals surface area contributed by atoms with Crippen molar-refractivity contribution in [2.75, 3.05) is 0 Å². The molecule has 4 nitrogen and oxygen atoms in total. The number of hydrogen-bond acceptors (Lipinski definition) is 2. The molecule has 1 amide bonds. The van der Waals surface area contributed by atoms with E-state index < -0.39 is 0 Å². The number of carbonyl (C=O) groups excluding carboxylic acids is 1. The maximum atomic E-state index is 11.6. The Morgan fingerprint density at radius 1 is 1.42 bits per heavy atom. The van der Waals surface area contributed by atoms with E-state index in [1.54, 1.807) is 0 Å². The zero-order valence-corrected chi connectivity index (χ0v) is 12.2. The fourth-order valence-corrected chi connectivity index (χ4v) is 1.86. The molecule has 1 aromatic heterocycles. The summed E-state index contributed by atoms with van der Waals surface area (Å²) in [6, 6.07) is 2.57. The topological polar surface area (TPSA) is 46.1 Å². The molecule has 1 heterocycles. The first kappa shape index (κ1) is 14.1. The van der Waals surface area contributed by atoms with Crippen molar-refractivity contribution in [2.24, 2.45) is 0 Å². The van der Waals surface area contributed by atoms with Gasteiger partial charge in [-0.1, -0.05) is 0 Å². The van der Waals surface area contributed by atoms with Gasteiger partial charge >= 0.3 is 0 Å². The Kier molecular flexibility index (Phi) is 4.30. The van der Waals surface area contributed by atoms with Crippen molar-refractivity contribution >= 4 is 5.91 Å². The third kappa shape index (κ3) is 5.47. The normalized spacial score (nSPS) is 15.5. The van der Waals surface area contributed by atoms with Gasteiger partial charge in [0.05, 0.1) is 0 Å². The quantitative estimate of drug-likeness (QED) is 0.825. The van der Waals surface area contributed by atoms with Crippen molar-refractivity contribution in [1.82, 2.24) is 15.2 Å². The number of hydrogen-bond donors (Lipinski definition) is 2. The fraction of sp³-hybridized carbons (Fsp3) is 0.667. The van der Waals surface area contributed by atoms with Crippen LogP contribution in [0.2, 0.25) is 0 Å². The van der Waals surface area contributed by atoms with Crippen molar-refractivity contribution in [3.05, 3.63) is 24.0 Å². The molecule has 1 aliphatic rings. The number of carbonyl (C=O) groups is 1. The van der Waals surface area contributed by atoms with E-state index in [1.807, 2.05) is 6.20 Å². The second kappa shape index (κ2) is 5.78. The molecule has 1 saturated carbocycles. The summed E-state index contributed by atoms with van der Waals surface area (Å²) >= 11 is 0. The van der Waals surface area contributed by atoms with Crippen molar-refractivity contribution in [3.8, 4) is 0 Å². The summed E-state index contributed by atoms with van der Waals surface area (Å²) in [5.41, 5.74) is 1.39. The van der Waals surface area contributed by atoms with Gasteiger partial charge in [0.15, 0.2) is 0 Å². The molecule has 0 saturated heterocycles. The van der Waals surface area contributed by atoms with E-state index in [-0.39, 0.29) is 11.4 Å². The smallest absolute Gasteiger partial charge is 0.222 e. The minimum Gasteiger partial charge on any atom is -0.353 e. The lowest BCUT2D eigenvalue weighted by Crippen LogP contribution is -2.34. The van der Waals surface area contributed by atoms with E-state index >= 15 is 0 Å². The van der Waals surface area contributed by atoms with Crippen LogP contribution in [-0.2, 0) is 17.9 Å². The molecule has 0 atom stereocenters. The molecule has 1 aromatic rings. The maximum Gasteiger partial charge on any atom is 0.222 e. The Bertz CT molecular complexity index is 427. The van der Waals surface area contributed by atoms with Gasteiger partial charge in [0, 0.05) is 43.5 Å². The highest BCUT2D eigenvalue weighted by Gasteiger charge is 2.22. The Morgan fingerprint density at radius 3 is 2.79 bits per heavy atom. The van der Waals surface area contributed by atoms with Crippen molar-refractivity contribution in [3.63, 3.8) is 0 Å². The summed E-state index contributed by atoms with van der Waals surface area (Å²) in [6.45, 7) is 8.10. The van der Waals surface area contributed by atoms with E-state index in [0.717, 1.165) is 25.9 Å². The van der Waals surface area contributed by atoms with E-state index in [9.17, 15) is 4.79 Å². The van der Waals surface area contributed by atoms with Crippen LogP contribution in [0.5, 0.6) is 0 Å². The Morgan fingerprint density at radius 2 is 2.16 bits per heavy atom. The van der Waals surface area contributed by atoms with Gasteiger partial charge < -0.3 is 15.2 Å². The van der Waals surface area contributed by atoms with Crippen LogP contribution in [0.25, 0.3) is 0 Å². The summed E-state index contributed by atoms with van der Waals surface area (Å²) in [6.07, 6.45) is 7.03. The molecule has 2 N–H and O–H groups in total. The summed E-state index contributed by atoms with van der Waals surface area (Å²) in [5.74, 6) is 0.172. The molecule has 106 valence electrons. The van der Waals surface area contributed by atoms with Crippen molar-refractivity contribution in [1.29, 1.82) is 0 Å². The Labute approximate surface area is 115 Å². The molecule has 1 fully saturated rings. The monoisotopic (exact) mass is 263 g/mol. The molecule has 0 radical (unpaired) electrons. The minimum absolute atomic E-state index is 0.131. The number of nitrogens with zero attached hydrogens (tertiary/aromatic N) is 1. The number of nitrogens with one attached hydrogen (secondary N) is 2. The van der Waals surface area contributed by atoms with Crippen LogP contribution in [0.15, 0.2) is 18.5 Å². The molecule has 0 spiro atoms. The lowest BCUT2D eigenvalue weighted by molar-refractivity contribution is -0.121. The zero-order chi connectivity index (χ0) is 13.9. The van der Waals surface area contributed by atoms with Crippen LogP contribution in [-0.4, -0.2) is 22.1 Å². The lowest BCUT2D eigenvalue weighted by atomic mass is 10.1. The first-order valence-corrected chi connectivity index (χ1v) is 7.11. The van der Waals surface area contributed by atoms with Crippen LogP contribution in [0.4, 0.5) is 0 Å². The molecule has 0 aromatic carbocycles. The number of rotatable bonds is 6. The van der Waals surface area contributed by atoms with Crippen molar-refractivity contribution in [2.45, 2.75) is 64.7 Å². The molecule has 0 unspecified atom stereocenters. The number of amides is 1. The molecule has 2 rings (SSSR count). The van der Waals surface area contributed by atoms with Crippen LogP contribution >= 0.6 is 0 Å². The van der Waals surface area contributed by atoms with Gasteiger partial charge in [-0.05, 0) is 45.2 Å². The van der Waals surface area contributed by atoms with Gasteiger partial charge in [0.25, 0.3) is 0 Å². The van der Waals surface area contributed by atoms with Crippen LogP contribution in [0, 0.1) is 0 Å². The van der Waals surface area contributed by atoms with Gasteiger partial charge in [-0.3, -0.25) is 4.79 Å². The summed E-state index contributed by atoms with van der Waals surface area (Å²) in [7, 11) is 0. The second-order valence-corrected chi connectivity index (χ2v) is 6.45. The number of aromatic nitrogens is 1. The first-order valence-electron chi connectivity index (χ1n) is 7.11. The van der Waals surface area contributed by atoms with Crippen LogP contribution < -0.4 is 10.6 Å². The summed E-state index contributed by atoms with van der Waals surface area (Å²) in [5, 5.41) is 6.47. The third-order valence-corrected chi connectivity index (χ3v) is 3.17. The molecule has 0 bridgehead atoms. The fourth-order valence-electron chi connectivity index (χ4n) is 1.86. The van der Waals surface area contributed by atoms with E-state index in [2.05, 4.69) is 48.2 Å². The Balaban J connectivity index is 1.72. The molecule has 4 heteroatoms. The van der Waals surface area contributed by atoms with Gasteiger partial charge in [-0.15, -0.1) is 0 Å². The molecule has 1 aliphatic carbocycles. The third-order valence-electron chi connectivity index (χ3n) is 3.17. The average Bonchev–Trinajstić information content (AvgIpc) is 3.00. The minimum atomic E-state index is 0.131. The highest BCUT2D eigenvalue weighted by atomic mass is 16.1. The van der Waals surface area contributed by atoms with Gasteiger partial charge in [-0.2, -0.15) is 0 Å². The molecule has 19 heavy (non-hydrogen) atoms. The van der Waals surface area contributed by atoms with E-state index in [0.29, 0.717) is 12.5 Å². The van der Waals surface area contributed by atoms with Crippen LogP contribution in [0.1, 0.15) is 45.6 Å².